The molecule has 0 bridgehead atoms. The molecule has 206 valence electrons. The number of aromatic carboxylic acids is 1. The van der Waals surface area contributed by atoms with E-state index in [-0.39, 0.29) is 35.6 Å². The van der Waals surface area contributed by atoms with Crippen molar-refractivity contribution >= 4 is 52.2 Å². The summed E-state index contributed by atoms with van der Waals surface area (Å²) in [7, 11) is 0. The maximum Gasteiger partial charge on any atom is 0.337 e. The molecule has 0 unspecified atom stereocenters. The van der Waals surface area contributed by atoms with Crippen molar-refractivity contribution < 1.29 is 29.4 Å². The largest absolute Gasteiger partial charge is 0.480 e. The van der Waals surface area contributed by atoms with Gasteiger partial charge >= 0.3 is 11.9 Å². The van der Waals surface area contributed by atoms with Crippen LogP contribution in [0.4, 0.5) is 17.5 Å². The van der Waals surface area contributed by atoms with Gasteiger partial charge in [-0.3, -0.25) is 9.59 Å². The molecule has 0 spiro atoms. The highest BCUT2D eigenvalue weighted by atomic mass is 16.4. The number of H-pyrrole nitrogens is 1. The van der Waals surface area contributed by atoms with Crippen molar-refractivity contribution in [1.82, 2.24) is 20.3 Å². The maximum absolute atomic E-state index is 12.7. The van der Waals surface area contributed by atoms with Crippen molar-refractivity contribution in [2.45, 2.75) is 31.7 Å². The van der Waals surface area contributed by atoms with Gasteiger partial charge in [0.15, 0.2) is 0 Å². The van der Waals surface area contributed by atoms with Crippen molar-refractivity contribution in [3.05, 3.63) is 77.0 Å². The first kappa shape index (κ1) is 27.6. The normalized spacial score (nSPS) is 11.6. The average molecular weight is 546 g/mol. The number of hydrogen-bond acceptors (Lipinski definition) is 8. The number of benzene rings is 2. The van der Waals surface area contributed by atoms with Gasteiger partial charge in [0, 0.05) is 18.2 Å². The van der Waals surface area contributed by atoms with Gasteiger partial charge in [0.2, 0.25) is 11.9 Å². The number of carboxylic acids is 2. The van der Waals surface area contributed by atoms with Gasteiger partial charge in [-0.2, -0.15) is 9.97 Å². The van der Waals surface area contributed by atoms with E-state index in [0.29, 0.717) is 29.7 Å². The zero-order valence-electron chi connectivity index (χ0n) is 21.2. The minimum atomic E-state index is -1.32. The molecule has 13 nitrogen and oxygen atoms in total. The van der Waals surface area contributed by atoms with E-state index in [2.05, 4.69) is 25.6 Å². The molecule has 9 N–H and O–H groups in total. The van der Waals surface area contributed by atoms with Crippen LogP contribution in [-0.2, 0) is 22.4 Å². The second-order valence-electron chi connectivity index (χ2n) is 9.00. The average Bonchev–Trinajstić information content (AvgIpc) is 3.33. The molecule has 0 saturated heterocycles. The molecule has 2 aromatic heterocycles. The molecule has 13 heteroatoms. The number of nitrogens with one attached hydrogen (secondary N) is 3. The number of nitrogens with two attached hydrogens (primary N) is 2. The van der Waals surface area contributed by atoms with E-state index in [1.54, 1.807) is 36.5 Å². The second kappa shape index (κ2) is 11.9. The molecular formula is C27H27N7O6. The quantitative estimate of drug-likeness (QED) is 0.145. The highest BCUT2D eigenvalue weighted by Gasteiger charge is 2.22. The predicted octanol–water partition coefficient (Wildman–Crippen LogP) is 2.21. The van der Waals surface area contributed by atoms with Crippen LogP contribution in [0.2, 0.25) is 0 Å². The van der Waals surface area contributed by atoms with E-state index in [1.165, 1.54) is 18.2 Å². The van der Waals surface area contributed by atoms with Crippen LogP contribution in [0.15, 0.2) is 54.7 Å². The van der Waals surface area contributed by atoms with Crippen molar-refractivity contribution in [1.29, 1.82) is 0 Å². The fourth-order valence-electron chi connectivity index (χ4n) is 4.21. The van der Waals surface area contributed by atoms with E-state index < -0.39 is 29.8 Å². The molecule has 2 aromatic carbocycles. The first-order chi connectivity index (χ1) is 19.1. The number of fused-ring (bicyclic) bond motifs is 1. The van der Waals surface area contributed by atoms with Crippen LogP contribution in [0.3, 0.4) is 0 Å². The number of anilines is 3. The summed E-state index contributed by atoms with van der Waals surface area (Å²) < 4.78 is 0. The number of nitrogens with zero attached hydrogens (tertiary/aromatic N) is 2. The highest BCUT2D eigenvalue weighted by Crippen LogP contribution is 2.24. The lowest BCUT2D eigenvalue weighted by Crippen LogP contribution is -2.41. The number of aromatic nitrogens is 3. The van der Waals surface area contributed by atoms with Crippen molar-refractivity contribution in [3.63, 3.8) is 0 Å². The van der Waals surface area contributed by atoms with Gasteiger partial charge in [0.25, 0.3) is 5.91 Å². The third-order valence-electron chi connectivity index (χ3n) is 6.25. The van der Waals surface area contributed by atoms with Crippen molar-refractivity contribution in [3.8, 4) is 0 Å². The molecule has 0 radical (unpaired) electrons. The number of hydrogen-bond donors (Lipinski definition) is 7. The smallest absolute Gasteiger partial charge is 0.337 e. The van der Waals surface area contributed by atoms with Crippen molar-refractivity contribution in [2.75, 3.05) is 16.8 Å². The van der Waals surface area contributed by atoms with E-state index in [4.69, 9.17) is 11.5 Å². The number of aliphatic carboxylic acids is 1. The van der Waals surface area contributed by atoms with Gasteiger partial charge in [0.05, 0.1) is 16.6 Å². The Kier molecular flexibility index (Phi) is 8.23. The van der Waals surface area contributed by atoms with Crippen LogP contribution in [0.25, 0.3) is 11.0 Å². The Balaban J connectivity index is 1.32. The van der Waals surface area contributed by atoms with Crippen LogP contribution in [0.1, 0.15) is 44.7 Å². The third kappa shape index (κ3) is 6.51. The van der Waals surface area contributed by atoms with Gasteiger partial charge in [-0.25, -0.2) is 9.59 Å². The number of aryl methyl sites for hydroxylation is 2. The Morgan fingerprint density at radius 2 is 1.68 bits per heavy atom. The number of para-hydroxylation sites is 1. The first-order valence-electron chi connectivity index (χ1n) is 12.3. The van der Waals surface area contributed by atoms with Crippen LogP contribution in [0.5, 0.6) is 0 Å². The molecular weight excluding hydrogens is 518 g/mol. The van der Waals surface area contributed by atoms with Gasteiger partial charge in [-0.1, -0.05) is 24.3 Å². The number of aromatic amines is 1. The SMILES string of the molecule is Nc1nc(N)c2c(CCc3ccc(C(=O)N[C@@H](CCC(=O)Nc4ccccc4C(=O)O)C(=O)O)cc3)c[nH]c2n1. The standard InChI is InChI=1S/C27H27N7O6/c28-22-21-16(13-30-23(21)34-27(29)33-22)10-7-14-5-8-15(9-6-14)24(36)32-19(26(39)40)11-12-20(35)31-18-4-2-1-3-17(18)25(37)38/h1-6,8-9,13,19H,7,10-12H2,(H,31,35)(H,32,36)(H,37,38)(H,39,40)(H5,28,29,30,33,34)/t19-/m0/s1. The monoisotopic (exact) mass is 545 g/mol. The molecule has 4 rings (SSSR count). The minimum absolute atomic E-state index is 0.0854. The van der Waals surface area contributed by atoms with Crippen LogP contribution in [-0.4, -0.2) is 55.0 Å². The highest BCUT2D eigenvalue weighted by molar-refractivity contribution is 6.01. The van der Waals surface area contributed by atoms with Gasteiger partial charge < -0.3 is 37.3 Å². The van der Waals surface area contributed by atoms with Crippen LogP contribution < -0.4 is 22.1 Å². The number of rotatable bonds is 11. The summed E-state index contributed by atoms with van der Waals surface area (Å²) >= 11 is 0. The molecule has 2 heterocycles. The predicted molar refractivity (Wildman–Crippen MR) is 147 cm³/mol. The van der Waals surface area contributed by atoms with E-state index in [1.807, 2.05) is 0 Å². The number of amides is 2. The first-order valence-corrected chi connectivity index (χ1v) is 12.3. The summed E-state index contributed by atoms with van der Waals surface area (Å²) in [6, 6.07) is 11.3. The van der Waals surface area contributed by atoms with Gasteiger partial charge in [0.1, 0.15) is 17.5 Å². The molecule has 0 aliphatic heterocycles. The van der Waals surface area contributed by atoms with Gasteiger partial charge in [-0.15, -0.1) is 0 Å². The second-order valence-corrected chi connectivity index (χ2v) is 9.00. The lowest BCUT2D eigenvalue weighted by Gasteiger charge is -2.15. The summed E-state index contributed by atoms with van der Waals surface area (Å²) in [5.41, 5.74) is 14.3. The summed E-state index contributed by atoms with van der Waals surface area (Å²) in [6.45, 7) is 0. The Bertz CT molecular complexity index is 1580. The fraction of sp³-hybridized carbons (Fsp3) is 0.185. The third-order valence-corrected chi connectivity index (χ3v) is 6.25. The summed E-state index contributed by atoms with van der Waals surface area (Å²) in [4.78, 5) is 59.2. The van der Waals surface area contributed by atoms with E-state index in [9.17, 15) is 29.4 Å². The zero-order chi connectivity index (χ0) is 28.8. The molecule has 0 aliphatic carbocycles. The summed E-state index contributed by atoms with van der Waals surface area (Å²) in [5.74, 6) is -3.31. The Labute approximate surface area is 227 Å². The number of carbonyl (C=O) groups is 4. The number of nitrogen functional groups attached to an aromatic ring is 2. The van der Waals surface area contributed by atoms with Crippen molar-refractivity contribution in [2.24, 2.45) is 0 Å². The van der Waals surface area contributed by atoms with E-state index >= 15 is 0 Å². The molecule has 40 heavy (non-hydrogen) atoms. The lowest BCUT2D eigenvalue weighted by molar-refractivity contribution is -0.139. The molecule has 0 aliphatic rings. The molecule has 0 saturated carbocycles. The van der Waals surface area contributed by atoms with Gasteiger partial charge in [-0.05, 0) is 54.7 Å². The Morgan fingerprint density at radius 3 is 2.38 bits per heavy atom. The van der Waals surface area contributed by atoms with E-state index in [0.717, 1.165) is 11.1 Å². The Hall–Kier alpha value is -5.46. The fourth-order valence-corrected chi connectivity index (χ4v) is 4.21. The molecule has 2 amide bonds. The molecule has 0 fully saturated rings. The number of carboxylic acid groups (broad SMARTS) is 2. The summed E-state index contributed by atoms with van der Waals surface area (Å²) in [6.07, 6.45) is 2.62. The topological polar surface area (TPSA) is 226 Å². The zero-order valence-corrected chi connectivity index (χ0v) is 21.2. The molecule has 1 atom stereocenters. The Morgan fingerprint density at radius 1 is 0.950 bits per heavy atom. The summed E-state index contributed by atoms with van der Waals surface area (Å²) in [5, 5.41) is 24.4. The maximum atomic E-state index is 12.7. The molecule has 4 aromatic rings. The minimum Gasteiger partial charge on any atom is -0.480 e. The number of carbonyl (C=O) groups excluding carboxylic acids is 2. The lowest BCUT2D eigenvalue weighted by atomic mass is 10.0. The van der Waals surface area contributed by atoms with Crippen LogP contribution >= 0.6 is 0 Å². The van der Waals surface area contributed by atoms with Crippen LogP contribution in [0, 0.1) is 0 Å².